The third kappa shape index (κ3) is 3.28. The summed E-state index contributed by atoms with van der Waals surface area (Å²) in [6.07, 6.45) is -0.245. The van der Waals surface area contributed by atoms with Crippen molar-refractivity contribution in [2.24, 2.45) is 0 Å². The lowest BCUT2D eigenvalue weighted by atomic mass is 10.5. The van der Waals surface area contributed by atoms with Gasteiger partial charge in [-0.15, -0.1) is 0 Å². The Bertz CT molecular complexity index is 74.6. The predicted octanol–water partition coefficient (Wildman–Crippen LogP) is 0.935. The van der Waals surface area contributed by atoms with Crippen LogP contribution in [0.2, 0.25) is 0 Å². The van der Waals surface area contributed by atoms with Crippen LogP contribution in [0.15, 0.2) is 0 Å². The monoisotopic (exact) mass is 99.1 g/mol. The topological polar surface area (TPSA) is 33.0 Å². The third-order valence-corrected chi connectivity index (χ3v) is 0.598. The molecule has 0 N–H and O–H groups in total. The van der Waals surface area contributed by atoms with Crippen LogP contribution in [-0.2, 0) is 4.74 Å². The zero-order chi connectivity index (χ0) is 5.70. The summed E-state index contributed by atoms with van der Waals surface area (Å²) >= 11 is 0. The van der Waals surface area contributed by atoms with Crippen molar-refractivity contribution >= 4 is 0 Å². The van der Waals surface area contributed by atoms with E-state index in [9.17, 15) is 0 Å². The molecule has 0 heterocycles. The number of hydrogen-bond donors (Lipinski definition) is 0. The van der Waals surface area contributed by atoms with Gasteiger partial charge in [-0.25, -0.2) is 0 Å². The Hall–Kier alpha value is -0.550. The molecule has 2 nitrogen and oxygen atoms in total. The van der Waals surface area contributed by atoms with Crippen LogP contribution in [0.5, 0.6) is 0 Å². The smallest absolute Gasteiger partial charge is 0.141 e. The van der Waals surface area contributed by atoms with Crippen molar-refractivity contribution in [3.63, 3.8) is 0 Å². The van der Waals surface area contributed by atoms with Gasteiger partial charge in [0.2, 0.25) is 0 Å². The number of nitriles is 1. The van der Waals surface area contributed by atoms with E-state index < -0.39 is 0 Å². The first kappa shape index (κ1) is 6.45. The summed E-state index contributed by atoms with van der Waals surface area (Å²) in [6, 6.07) is 1.94. The number of nitrogens with zero attached hydrogens (tertiary/aromatic N) is 1. The molecule has 0 aromatic carbocycles. The van der Waals surface area contributed by atoms with Gasteiger partial charge in [0, 0.05) is 6.61 Å². The fourth-order valence-corrected chi connectivity index (χ4v) is 0.287. The molecule has 0 spiro atoms. The molecule has 2 heteroatoms. The minimum absolute atomic E-state index is 0.245. The zero-order valence-electron chi connectivity index (χ0n) is 4.64. The lowest BCUT2D eigenvalue weighted by Gasteiger charge is -1.97. The van der Waals surface area contributed by atoms with Gasteiger partial charge in [-0.2, -0.15) is 5.26 Å². The SMILES string of the molecule is CCOC(C)C#N. The summed E-state index contributed by atoms with van der Waals surface area (Å²) in [4.78, 5) is 0. The first-order chi connectivity index (χ1) is 3.31. The van der Waals surface area contributed by atoms with Crippen molar-refractivity contribution in [1.29, 1.82) is 5.26 Å². The highest BCUT2D eigenvalue weighted by atomic mass is 16.5. The van der Waals surface area contributed by atoms with Crippen LogP contribution in [-0.4, -0.2) is 12.7 Å². The van der Waals surface area contributed by atoms with E-state index in [2.05, 4.69) is 0 Å². The van der Waals surface area contributed by atoms with Gasteiger partial charge in [-0.05, 0) is 13.8 Å². The minimum Gasteiger partial charge on any atom is -0.364 e. The summed E-state index contributed by atoms with van der Waals surface area (Å²) in [7, 11) is 0. The van der Waals surface area contributed by atoms with Gasteiger partial charge in [-0.1, -0.05) is 0 Å². The maximum absolute atomic E-state index is 8.09. The molecule has 0 fully saturated rings. The summed E-state index contributed by atoms with van der Waals surface area (Å²) in [5.41, 5.74) is 0. The lowest BCUT2D eigenvalue weighted by molar-refractivity contribution is 0.114. The molecular formula is C5H9NO. The van der Waals surface area contributed by atoms with E-state index in [-0.39, 0.29) is 6.10 Å². The van der Waals surface area contributed by atoms with Crippen molar-refractivity contribution in [3.8, 4) is 6.07 Å². The molecule has 0 aliphatic rings. The van der Waals surface area contributed by atoms with E-state index in [0.717, 1.165) is 0 Å². The Morgan fingerprint density at radius 2 is 2.43 bits per heavy atom. The van der Waals surface area contributed by atoms with Crippen LogP contribution >= 0.6 is 0 Å². The Morgan fingerprint density at radius 1 is 1.86 bits per heavy atom. The Kier molecular flexibility index (Phi) is 3.35. The maximum Gasteiger partial charge on any atom is 0.141 e. The molecule has 0 bridgehead atoms. The highest BCUT2D eigenvalue weighted by molar-refractivity contribution is 4.78. The number of rotatable bonds is 2. The molecule has 40 valence electrons. The summed E-state index contributed by atoms with van der Waals surface area (Å²) < 4.78 is 4.83. The van der Waals surface area contributed by atoms with Gasteiger partial charge in [0.15, 0.2) is 0 Å². The molecule has 0 saturated carbocycles. The molecule has 1 unspecified atom stereocenters. The van der Waals surface area contributed by atoms with Gasteiger partial charge in [0.25, 0.3) is 0 Å². The van der Waals surface area contributed by atoms with Crippen molar-refractivity contribution in [2.75, 3.05) is 6.61 Å². The van der Waals surface area contributed by atoms with E-state index in [1.54, 1.807) is 6.92 Å². The van der Waals surface area contributed by atoms with Crippen LogP contribution in [0.3, 0.4) is 0 Å². The standard InChI is InChI=1S/C5H9NO/c1-3-7-5(2)4-6/h5H,3H2,1-2H3. The predicted molar refractivity (Wildman–Crippen MR) is 26.7 cm³/mol. The van der Waals surface area contributed by atoms with E-state index in [1.165, 1.54) is 0 Å². The fourth-order valence-electron chi connectivity index (χ4n) is 0.287. The minimum atomic E-state index is -0.245. The molecule has 0 radical (unpaired) electrons. The number of ether oxygens (including phenoxy) is 1. The molecule has 0 aromatic rings. The molecule has 7 heavy (non-hydrogen) atoms. The van der Waals surface area contributed by atoms with Crippen LogP contribution < -0.4 is 0 Å². The van der Waals surface area contributed by atoms with Crippen molar-refractivity contribution in [3.05, 3.63) is 0 Å². The Morgan fingerprint density at radius 3 is 2.57 bits per heavy atom. The highest BCUT2D eigenvalue weighted by Crippen LogP contribution is 1.83. The average molecular weight is 99.1 g/mol. The highest BCUT2D eigenvalue weighted by Gasteiger charge is 1.91. The van der Waals surface area contributed by atoms with Crippen LogP contribution in [0.25, 0.3) is 0 Å². The Labute approximate surface area is 43.7 Å². The van der Waals surface area contributed by atoms with Gasteiger partial charge in [0.1, 0.15) is 6.10 Å². The van der Waals surface area contributed by atoms with Gasteiger partial charge >= 0.3 is 0 Å². The molecule has 0 amide bonds. The quantitative estimate of drug-likeness (QED) is 0.516. The normalized spacial score (nSPS) is 12.7. The van der Waals surface area contributed by atoms with Crippen LogP contribution in [0.4, 0.5) is 0 Å². The second-order valence-corrected chi connectivity index (χ2v) is 1.23. The fraction of sp³-hybridized carbons (Fsp3) is 0.800. The molecule has 0 aliphatic carbocycles. The van der Waals surface area contributed by atoms with Crippen molar-refractivity contribution < 1.29 is 4.74 Å². The molecule has 0 rings (SSSR count). The van der Waals surface area contributed by atoms with E-state index >= 15 is 0 Å². The van der Waals surface area contributed by atoms with E-state index in [1.807, 2.05) is 13.0 Å². The molecule has 0 aliphatic heterocycles. The molecule has 1 atom stereocenters. The second kappa shape index (κ2) is 3.63. The average Bonchev–Trinajstić information content (AvgIpc) is 1.68. The summed E-state index contributed by atoms with van der Waals surface area (Å²) in [5.74, 6) is 0. The van der Waals surface area contributed by atoms with Crippen molar-refractivity contribution in [1.82, 2.24) is 0 Å². The van der Waals surface area contributed by atoms with E-state index in [0.29, 0.717) is 6.61 Å². The molecule has 0 saturated heterocycles. The Balaban J connectivity index is 3.04. The first-order valence-corrected chi connectivity index (χ1v) is 2.32. The number of hydrogen-bond acceptors (Lipinski definition) is 2. The summed E-state index contributed by atoms with van der Waals surface area (Å²) in [5, 5.41) is 8.09. The van der Waals surface area contributed by atoms with Gasteiger partial charge in [-0.3, -0.25) is 0 Å². The molecule has 0 aromatic heterocycles. The van der Waals surface area contributed by atoms with Gasteiger partial charge < -0.3 is 4.74 Å². The largest absolute Gasteiger partial charge is 0.364 e. The van der Waals surface area contributed by atoms with E-state index in [4.69, 9.17) is 10.00 Å². The molecular weight excluding hydrogens is 90.1 g/mol. The lowest BCUT2D eigenvalue weighted by Crippen LogP contribution is -2.02. The van der Waals surface area contributed by atoms with Crippen LogP contribution in [0.1, 0.15) is 13.8 Å². The van der Waals surface area contributed by atoms with Crippen LogP contribution in [0, 0.1) is 11.3 Å². The van der Waals surface area contributed by atoms with Gasteiger partial charge in [0.05, 0.1) is 6.07 Å². The van der Waals surface area contributed by atoms with Crippen molar-refractivity contribution in [2.45, 2.75) is 20.0 Å². The summed E-state index contributed by atoms with van der Waals surface area (Å²) in [6.45, 7) is 4.21. The first-order valence-electron chi connectivity index (χ1n) is 2.32. The maximum atomic E-state index is 8.09. The zero-order valence-corrected chi connectivity index (χ0v) is 4.64. The second-order valence-electron chi connectivity index (χ2n) is 1.23. The third-order valence-electron chi connectivity index (χ3n) is 0.598.